The van der Waals surface area contributed by atoms with Crippen LogP contribution < -0.4 is 38.0 Å². The molecule has 0 saturated carbocycles. The summed E-state index contributed by atoms with van der Waals surface area (Å²) in [6.07, 6.45) is 10.9. The third kappa shape index (κ3) is 6.99. The van der Waals surface area contributed by atoms with E-state index < -0.39 is 0 Å². The molecule has 0 N–H and O–H groups in total. The molecule has 2 aromatic rings. The predicted octanol–water partition coefficient (Wildman–Crippen LogP) is 0.618. The number of unbranched alkanes of at least 4 members (excludes halogenated alkanes) is 3. The highest BCUT2D eigenvalue weighted by Gasteiger charge is 2.03. The number of nitrogens with zero attached hydrogens (tertiary/aromatic N) is 2. The second-order valence-electron chi connectivity index (χ2n) is 5.38. The summed E-state index contributed by atoms with van der Waals surface area (Å²) in [6.45, 7) is 1.77. The standard InChI is InChI=1S/C17H24ClN2O2.HI/c1-19-10-11-20(14-19)9-5-3-4-6-12-22-17-8-7-15(21-2)13-16(17)18;/h7-8,10-11,13-14H,3-6,9,12H2,1-2H3;1H/q+1;/p-1. The zero-order valence-electron chi connectivity index (χ0n) is 13.7. The Morgan fingerprint density at radius 1 is 1.17 bits per heavy atom. The maximum atomic E-state index is 6.13. The third-order valence-corrected chi connectivity index (χ3v) is 3.83. The minimum atomic E-state index is 0. The van der Waals surface area contributed by atoms with Crippen LogP contribution >= 0.6 is 11.6 Å². The van der Waals surface area contributed by atoms with Gasteiger partial charge in [0.1, 0.15) is 23.9 Å². The lowest BCUT2D eigenvalue weighted by Gasteiger charge is -2.09. The summed E-state index contributed by atoms with van der Waals surface area (Å²) < 4.78 is 15.1. The molecule has 0 unspecified atom stereocenters. The molecule has 0 bridgehead atoms. The number of aromatic nitrogens is 2. The Bertz CT molecular complexity index is 590. The molecule has 6 heteroatoms. The largest absolute Gasteiger partial charge is 1.00 e. The Labute approximate surface area is 160 Å². The average Bonchev–Trinajstić information content (AvgIpc) is 2.93. The lowest BCUT2D eigenvalue weighted by Crippen LogP contribution is -3.00. The first-order valence-corrected chi connectivity index (χ1v) is 8.04. The summed E-state index contributed by atoms with van der Waals surface area (Å²) in [6, 6.07) is 5.49. The van der Waals surface area contributed by atoms with E-state index in [0.717, 1.165) is 24.5 Å². The van der Waals surface area contributed by atoms with Gasteiger partial charge in [0, 0.05) is 6.07 Å². The highest BCUT2D eigenvalue weighted by atomic mass is 127. The Morgan fingerprint density at radius 2 is 1.96 bits per heavy atom. The van der Waals surface area contributed by atoms with Crippen LogP contribution in [-0.4, -0.2) is 18.3 Å². The van der Waals surface area contributed by atoms with Gasteiger partial charge >= 0.3 is 0 Å². The molecule has 128 valence electrons. The van der Waals surface area contributed by atoms with Crippen LogP contribution in [0.15, 0.2) is 36.9 Å². The molecule has 1 heterocycles. The summed E-state index contributed by atoms with van der Waals surface area (Å²) in [5.41, 5.74) is 0. The Balaban J connectivity index is 0.00000264. The first kappa shape index (κ1) is 20.1. The van der Waals surface area contributed by atoms with Crippen molar-refractivity contribution in [3.8, 4) is 11.5 Å². The molecule has 1 aromatic carbocycles. The first-order chi connectivity index (χ1) is 10.7. The monoisotopic (exact) mass is 450 g/mol. The molecule has 0 saturated heterocycles. The molecule has 0 aliphatic rings. The maximum absolute atomic E-state index is 6.13. The van der Waals surface area contributed by atoms with Crippen molar-refractivity contribution in [1.29, 1.82) is 0 Å². The smallest absolute Gasteiger partial charge is 0.243 e. The first-order valence-electron chi connectivity index (χ1n) is 7.66. The van der Waals surface area contributed by atoms with Gasteiger partial charge in [-0.1, -0.05) is 11.6 Å². The van der Waals surface area contributed by atoms with Crippen molar-refractivity contribution in [1.82, 2.24) is 4.57 Å². The van der Waals surface area contributed by atoms with Gasteiger partial charge in [0.25, 0.3) is 0 Å². The van der Waals surface area contributed by atoms with Gasteiger partial charge in [-0.25, -0.2) is 9.13 Å². The molecular formula is C17H24ClIN2O2. The van der Waals surface area contributed by atoms with Gasteiger partial charge in [0.15, 0.2) is 0 Å². The fraction of sp³-hybridized carbons (Fsp3) is 0.471. The molecule has 0 aliphatic heterocycles. The van der Waals surface area contributed by atoms with Crippen molar-refractivity contribution in [2.24, 2.45) is 7.05 Å². The van der Waals surface area contributed by atoms with Gasteiger partial charge in [-0.05, 0) is 37.8 Å². The minimum Gasteiger partial charge on any atom is -1.00 e. The fourth-order valence-electron chi connectivity index (χ4n) is 2.29. The number of rotatable bonds is 9. The lowest BCUT2D eigenvalue weighted by atomic mass is 10.2. The van der Waals surface area contributed by atoms with Gasteiger partial charge in [-0.3, -0.25) is 0 Å². The Morgan fingerprint density at radius 3 is 2.61 bits per heavy atom. The number of hydrogen-bond acceptors (Lipinski definition) is 2. The van der Waals surface area contributed by atoms with Crippen molar-refractivity contribution < 1.29 is 38.0 Å². The number of benzene rings is 1. The number of hydrogen-bond donors (Lipinski definition) is 0. The number of aryl methyl sites for hydroxylation is 2. The van der Waals surface area contributed by atoms with E-state index in [4.69, 9.17) is 21.1 Å². The highest BCUT2D eigenvalue weighted by molar-refractivity contribution is 6.32. The van der Waals surface area contributed by atoms with E-state index in [2.05, 4.69) is 27.9 Å². The molecule has 23 heavy (non-hydrogen) atoms. The van der Waals surface area contributed by atoms with Crippen LogP contribution in [0.3, 0.4) is 0 Å². The highest BCUT2D eigenvalue weighted by Crippen LogP contribution is 2.28. The topological polar surface area (TPSA) is 27.3 Å². The Hall–Kier alpha value is -0.950. The second-order valence-corrected chi connectivity index (χ2v) is 5.78. The second kappa shape index (κ2) is 10.8. The minimum absolute atomic E-state index is 0. The SMILES string of the molecule is COc1ccc(OCCCCCCn2cc[n+](C)c2)c(Cl)c1.[I-]. The Kier molecular flexibility index (Phi) is 9.40. The van der Waals surface area contributed by atoms with Gasteiger partial charge in [0.2, 0.25) is 6.33 Å². The van der Waals surface area contributed by atoms with Crippen LogP contribution in [0.2, 0.25) is 5.02 Å². The van der Waals surface area contributed by atoms with Crippen molar-refractivity contribution in [2.75, 3.05) is 13.7 Å². The van der Waals surface area contributed by atoms with Crippen LogP contribution in [0.4, 0.5) is 0 Å². The summed E-state index contributed by atoms with van der Waals surface area (Å²) >= 11 is 6.13. The molecule has 2 rings (SSSR count). The van der Waals surface area contributed by atoms with Crippen molar-refractivity contribution in [3.05, 3.63) is 41.9 Å². The molecule has 0 spiro atoms. The number of ether oxygens (including phenoxy) is 2. The normalized spacial score (nSPS) is 10.2. The maximum Gasteiger partial charge on any atom is 0.243 e. The molecule has 4 nitrogen and oxygen atoms in total. The van der Waals surface area contributed by atoms with Gasteiger partial charge in [0.05, 0.1) is 32.3 Å². The van der Waals surface area contributed by atoms with Crippen LogP contribution in [0.1, 0.15) is 25.7 Å². The van der Waals surface area contributed by atoms with E-state index in [0.29, 0.717) is 11.6 Å². The van der Waals surface area contributed by atoms with Gasteiger partial charge in [-0.15, -0.1) is 0 Å². The number of halogens is 2. The zero-order valence-corrected chi connectivity index (χ0v) is 16.6. The fourth-order valence-corrected chi connectivity index (χ4v) is 2.52. The van der Waals surface area contributed by atoms with Crippen LogP contribution in [-0.2, 0) is 13.6 Å². The van der Waals surface area contributed by atoms with E-state index in [9.17, 15) is 0 Å². The number of methoxy groups -OCH3 is 1. The zero-order chi connectivity index (χ0) is 15.8. The van der Waals surface area contributed by atoms with Gasteiger partial charge < -0.3 is 33.5 Å². The molecular weight excluding hydrogens is 427 g/mol. The molecule has 0 radical (unpaired) electrons. The third-order valence-electron chi connectivity index (χ3n) is 3.53. The molecule has 0 amide bonds. The summed E-state index contributed by atoms with van der Waals surface area (Å²) in [5.74, 6) is 1.47. The van der Waals surface area contributed by atoms with Crippen molar-refractivity contribution in [2.45, 2.75) is 32.2 Å². The summed E-state index contributed by atoms with van der Waals surface area (Å²) in [5, 5.41) is 0.597. The van der Waals surface area contributed by atoms with E-state index in [1.165, 1.54) is 19.3 Å². The summed E-state index contributed by atoms with van der Waals surface area (Å²) in [7, 11) is 3.66. The predicted molar refractivity (Wildman–Crippen MR) is 87.6 cm³/mol. The van der Waals surface area contributed by atoms with Crippen molar-refractivity contribution in [3.63, 3.8) is 0 Å². The van der Waals surface area contributed by atoms with Crippen molar-refractivity contribution >= 4 is 11.6 Å². The molecule has 0 fully saturated rings. The summed E-state index contributed by atoms with van der Waals surface area (Å²) in [4.78, 5) is 0. The van der Waals surface area contributed by atoms with Crippen LogP contribution in [0.5, 0.6) is 11.5 Å². The van der Waals surface area contributed by atoms with E-state index in [1.807, 2.05) is 19.2 Å². The molecule has 0 aliphatic carbocycles. The van der Waals surface area contributed by atoms with E-state index in [-0.39, 0.29) is 24.0 Å². The molecule has 0 atom stereocenters. The van der Waals surface area contributed by atoms with E-state index >= 15 is 0 Å². The average molecular weight is 451 g/mol. The quantitative estimate of drug-likeness (QED) is 0.318. The van der Waals surface area contributed by atoms with Gasteiger partial charge in [-0.2, -0.15) is 0 Å². The number of imidazole rings is 1. The van der Waals surface area contributed by atoms with E-state index in [1.54, 1.807) is 13.2 Å². The lowest BCUT2D eigenvalue weighted by molar-refractivity contribution is -0.671. The van der Waals surface area contributed by atoms with Crippen LogP contribution in [0.25, 0.3) is 0 Å². The van der Waals surface area contributed by atoms with Crippen LogP contribution in [0, 0.1) is 0 Å². The molecule has 1 aromatic heterocycles.